The van der Waals surface area contributed by atoms with Gasteiger partial charge in [-0.1, -0.05) is 0 Å². The number of carboxylic acid groups (broad SMARTS) is 1. The van der Waals surface area contributed by atoms with E-state index in [4.69, 9.17) is 5.11 Å². The Labute approximate surface area is 95.1 Å². The zero-order valence-electron chi connectivity index (χ0n) is 8.45. The number of nitrogens with one attached hydrogen (secondary N) is 2. The molecule has 102 valence electrons. The van der Waals surface area contributed by atoms with Gasteiger partial charge in [0.05, 0.1) is 6.61 Å². The van der Waals surface area contributed by atoms with Gasteiger partial charge in [0.15, 0.2) is 0 Å². The minimum absolute atomic E-state index is 0.265. The van der Waals surface area contributed by atoms with E-state index in [1.807, 2.05) is 0 Å². The van der Waals surface area contributed by atoms with Gasteiger partial charge in [0.1, 0.15) is 13.2 Å². The molecule has 0 aromatic heterocycles. The first-order valence-corrected chi connectivity index (χ1v) is 5.71. The molecule has 0 aliphatic carbocycles. The van der Waals surface area contributed by atoms with Gasteiger partial charge in [0, 0.05) is 6.54 Å². The summed E-state index contributed by atoms with van der Waals surface area (Å²) in [5, 5.41) is 8.15. The maximum Gasteiger partial charge on any atom is 0.402 e. The van der Waals surface area contributed by atoms with E-state index >= 15 is 0 Å². The van der Waals surface area contributed by atoms with Crippen LogP contribution in [0.25, 0.3) is 0 Å². The smallest absolute Gasteiger partial charge is 0.402 e. The predicted octanol–water partition coefficient (Wildman–Crippen LogP) is -0.926. The molecular weight excluding hydrogens is 269 g/mol. The van der Waals surface area contributed by atoms with Gasteiger partial charge >= 0.3 is 12.1 Å². The minimum atomic E-state index is -4.64. The zero-order chi connectivity index (χ0) is 13.5. The van der Waals surface area contributed by atoms with Gasteiger partial charge in [-0.25, -0.2) is 4.79 Å². The quantitative estimate of drug-likeness (QED) is 0.498. The molecule has 0 heterocycles. The highest BCUT2D eigenvalue weighted by Crippen LogP contribution is 2.12. The Bertz CT molecular complexity index is 342. The first-order chi connectivity index (χ1) is 7.62. The van der Waals surface area contributed by atoms with E-state index in [2.05, 4.69) is 4.74 Å². The Kier molecular flexibility index (Phi) is 6.37. The molecule has 0 atom stereocenters. The normalized spacial score (nSPS) is 12.6. The third kappa shape index (κ3) is 11.4. The number of carbonyl (C=O) groups is 1. The fourth-order valence-electron chi connectivity index (χ4n) is 0.636. The lowest BCUT2D eigenvalue weighted by atomic mass is 10.7. The highest BCUT2D eigenvalue weighted by molar-refractivity contribution is 7.87. The standard InChI is InChI=1S/C6H11F3N2O5S/c7-6(8,9)4-11-17(14,15)10-1-2-16-3-5(12)13/h10-11H,1-4H2,(H,12,13). The second kappa shape index (κ2) is 6.74. The molecule has 0 spiro atoms. The Hall–Kier alpha value is -0.910. The molecule has 0 radical (unpaired) electrons. The van der Waals surface area contributed by atoms with E-state index in [0.29, 0.717) is 0 Å². The molecule has 0 fully saturated rings. The first kappa shape index (κ1) is 16.1. The molecule has 17 heavy (non-hydrogen) atoms. The molecule has 0 aromatic carbocycles. The number of aliphatic carboxylic acids is 1. The number of alkyl halides is 3. The van der Waals surface area contributed by atoms with Crippen molar-refractivity contribution < 1.29 is 36.2 Å². The second-order valence-corrected chi connectivity index (χ2v) is 4.36. The molecule has 11 heteroatoms. The van der Waals surface area contributed by atoms with Gasteiger partial charge in [-0.05, 0) is 0 Å². The van der Waals surface area contributed by atoms with Crippen LogP contribution in [0.2, 0.25) is 0 Å². The third-order valence-corrected chi connectivity index (χ3v) is 2.34. The molecule has 0 saturated heterocycles. The summed E-state index contributed by atoms with van der Waals surface area (Å²) in [4.78, 5) is 9.97. The van der Waals surface area contributed by atoms with Crippen molar-refractivity contribution in [1.82, 2.24) is 9.44 Å². The fourth-order valence-corrected chi connectivity index (χ4v) is 1.44. The summed E-state index contributed by atoms with van der Waals surface area (Å²) in [6.07, 6.45) is -4.64. The van der Waals surface area contributed by atoms with Crippen molar-refractivity contribution in [3.63, 3.8) is 0 Å². The van der Waals surface area contributed by atoms with E-state index in [0.717, 1.165) is 0 Å². The highest BCUT2D eigenvalue weighted by Gasteiger charge is 2.29. The van der Waals surface area contributed by atoms with E-state index in [9.17, 15) is 26.4 Å². The average molecular weight is 280 g/mol. The molecule has 0 aromatic rings. The van der Waals surface area contributed by atoms with Gasteiger partial charge < -0.3 is 9.84 Å². The Balaban J connectivity index is 3.76. The summed E-state index contributed by atoms with van der Waals surface area (Å²) in [5.74, 6) is -1.23. The van der Waals surface area contributed by atoms with E-state index in [-0.39, 0.29) is 13.2 Å². The van der Waals surface area contributed by atoms with E-state index in [1.54, 1.807) is 4.72 Å². The summed E-state index contributed by atoms with van der Waals surface area (Å²) in [6, 6.07) is 0. The summed E-state index contributed by atoms with van der Waals surface area (Å²) >= 11 is 0. The van der Waals surface area contributed by atoms with E-state index in [1.165, 1.54) is 4.72 Å². The lowest BCUT2D eigenvalue weighted by Gasteiger charge is -2.10. The minimum Gasteiger partial charge on any atom is -0.480 e. The SMILES string of the molecule is O=C(O)COCCNS(=O)(=O)NCC(F)(F)F. The van der Waals surface area contributed by atoms with Crippen LogP contribution in [0.4, 0.5) is 13.2 Å². The van der Waals surface area contributed by atoms with Crippen molar-refractivity contribution in [3.8, 4) is 0 Å². The molecule has 0 rings (SSSR count). The molecule has 0 bridgehead atoms. The third-order valence-electron chi connectivity index (χ3n) is 1.23. The van der Waals surface area contributed by atoms with Crippen LogP contribution < -0.4 is 9.44 Å². The molecule has 3 N–H and O–H groups in total. The molecule has 0 aliphatic heterocycles. The van der Waals surface area contributed by atoms with Gasteiger partial charge in [-0.3, -0.25) is 0 Å². The summed E-state index contributed by atoms with van der Waals surface area (Å²) in [5.41, 5.74) is 0. The van der Waals surface area contributed by atoms with Gasteiger partial charge in [-0.15, -0.1) is 0 Å². The van der Waals surface area contributed by atoms with Crippen LogP contribution in [0.3, 0.4) is 0 Å². The first-order valence-electron chi connectivity index (χ1n) is 4.23. The Morgan fingerprint density at radius 2 is 1.88 bits per heavy atom. The summed E-state index contributed by atoms with van der Waals surface area (Å²) in [6.45, 7) is -2.89. The maximum atomic E-state index is 11.7. The average Bonchev–Trinajstić information content (AvgIpc) is 2.13. The summed E-state index contributed by atoms with van der Waals surface area (Å²) < 4.78 is 64.3. The van der Waals surface area contributed by atoms with Crippen LogP contribution >= 0.6 is 0 Å². The Morgan fingerprint density at radius 3 is 2.35 bits per heavy atom. The van der Waals surface area contributed by atoms with Gasteiger partial charge in [0.2, 0.25) is 0 Å². The van der Waals surface area contributed by atoms with Crippen LogP contribution in [-0.4, -0.2) is 52.0 Å². The fraction of sp³-hybridized carbons (Fsp3) is 0.833. The van der Waals surface area contributed by atoms with Gasteiger partial charge in [0.25, 0.3) is 10.2 Å². The molecule has 0 amide bonds. The van der Waals surface area contributed by atoms with Crippen LogP contribution in [0.15, 0.2) is 0 Å². The number of hydrogen-bond donors (Lipinski definition) is 3. The van der Waals surface area contributed by atoms with Crippen LogP contribution in [0.5, 0.6) is 0 Å². The molecule has 0 unspecified atom stereocenters. The predicted molar refractivity (Wildman–Crippen MR) is 49.4 cm³/mol. The van der Waals surface area contributed by atoms with Crippen molar-refractivity contribution in [2.75, 3.05) is 26.3 Å². The van der Waals surface area contributed by atoms with Crippen molar-refractivity contribution in [3.05, 3.63) is 0 Å². The van der Waals surface area contributed by atoms with Crippen molar-refractivity contribution in [2.45, 2.75) is 6.18 Å². The number of ether oxygens (including phenoxy) is 1. The van der Waals surface area contributed by atoms with Gasteiger partial charge in [-0.2, -0.15) is 31.0 Å². The number of halogens is 3. The van der Waals surface area contributed by atoms with Crippen molar-refractivity contribution in [2.24, 2.45) is 0 Å². The van der Waals surface area contributed by atoms with Crippen molar-refractivity contribution in [1.29, 1.82) is 0 Å². The largest absolute Gasteiger partial charge is 0.480 e. The zero-order valence-corrected chi connectivity index (χ0v) is 9.27. The maximum absolute atomic E-state index is 11.7. The van der Waals surface area contributed by atoms with Crippen LogP contribution in [0, 0.1) is 0 Å². The molecular formula is C6H11F3N2O5S. The van der Waals surface area contributed by atoms with Crippen LogP contribution in [0.1, 0.15) is 0 Å². The van der Waals surface area contributed by atoms with E-state index < -0.39 is 35.5 Å². The molecule has 0 aliphatic rings. The summed E-state index contributed by atoms with van der Waals surface area (Å²) in [7, 11) is -4.26. The monoisotopic (exact) mass is 280 g/mol. The van der Waals surface area contributed by atoms with Crippen molar-refractivity contribution >= 4 is 16.2 Å². The topological polar surface area (TPSA) is 105 Å². The second-order valence-electron chi connectivity index (χ2n) is 2.78. The Morgan fingerprint density at radius 1 is 1.29 bits per heavy atom. The number of carboxylic acids is 1. The molecule has 7 nitrogen and oxygen atoms in total. The lowest BCUT2D eigenvalue weighted by Crippen LogP contribution is -2.42. The number of rotatable bonds is 8. The number of hydrogen-bond acceptors (Lipinski definition) is 4. The molecule has 0 saturated carbocycles. The highest BCUT2D eigenvalue weighted by atomic mass is 32.2. The van der Waals surface area contributed by atoms with Crippen LogP contribution in [-0.2, 0) is 19.7 Å². The lowest BCUT2D eigenvalue weighted by molar-refractivity contribution is -0.142.